The number of nitrogens with one attached hydrogen (secondary N) is 2. The van der Waals surface area contributed by atoms with Gasteiger partial charge in [0.05, 0.1) is 4.90 Å². The van der Waals surface area contributed by atoms with Crippen molar-refractivity contribution in [2.45, 2.75) is 32.1 Å². The van der Waals surface area contributed by atoms with E-state index in [4.69, 9.17) is 0 Å². The Morgan fingerprint density at radius 1 is 1.20 bits per heavy atom. The van der Waals surface area contributed by atoms with Crippen LogP contribution >= 0.6 is 0 Å². The molecule has 2 N–H and O–H groups in total. The lowest BCUT2D eigenvalue weighted by Crippen LogP contribution is -2.26. The van der Waals surface area contributed by atoms with E-state index in [1.165, 1.54) is 24.3 Å². The Morgan fingerprint density at radius 2 is 1.80 bits per heavy atom. The van der Waals surface area contributed by atoms with E-state index in [1.807, 2.05) is 0 Å². The van der Waals surface area contributed by atoms with E-state index < -0.39 is 10.0 Å². The van der Waals surface area contributed by atoms with Gasteiger partial charge in [0.2, 0.25) is 10.0 Å². The van der Waals surface area contributed by atoms with E-state index in [2.05, 4.69) is 23.9 Å². The van der Waals surface area contributed by atoms with Gasteiger partial charge in [-0.2, -0.15) is 0 Å². The maximum absolute atomic E-state index is 11.8. The van der Waals surface area contributed by atoms with E-state index in [0.29, 0.717) is 24.6 Å². The van der Waals surface area contributed by atoms with Crippen molar-refractivity contribution in [3.05, 3.63) is 29.8 Å². The molecule has 0 spiro atoms. The Balaban J connectivity index is 2.69. The van der Waals surface area contributed by atoms with Gasteiger partial charge in [-0.25, -0.2) is 13.1 Å². The maximum atomic E-state index is 11.8. The van der Waals surface area contributed by atoms with Gasteiger partial charge < -0.3 is 5.32 Å². The van der Waals surface area contributed by atoms with Crippen LogP contribution in [-0.2, 0) is 10.0 Å². The molecule has 0 radical (unpaired) electrons. The number of hydrogen-bond acceptors (Lipinski definition) is 3. The van der Waals surface area contributed by atoms with Crippen LogP contribution in [0.15, 0.2) is 29.2 Å². The molecule has 1 rings (SSSR count). The van der Waals surface area contributed by atoms with Gasteiger partial charge in [-0.3, -0.25) is 4.79 Å². The summed E-state index contributed by atoms with van der Waals surface area (Å²) in [6.45, 7) is 6.85. The molecule has 0 atom stereocenters. The van der Waals surface area contributed by atoms with Crippen molar-refractivity contribution in [1.82, 2.24) is 10.0 Å². The number of hydrogen-bond donors (Lipinski definition) is 2. The van der Waals surface area contributed by atoms with E-state index in [-0.39, 0.29) is 10.8 Å². The van der Waals surface area contributed by atoms with Crippen molar-refractivity contribution >= 4 is 15.9 Å². The molecule has 0 aliphatic rings. The Bertz CT molecular complexity index is 536. The lowest BCUT2D eigenvalue weighted by Gasteiger charge is -2.08. The Morgan fingerprint density at radius 3 is 2.30 bits per heavy atom. The predicted molar refractivity (Wildman–Crippen MR) is 79.1 cm³/mol. The van der Waals surface area contributed by atoms with Gasteiger partial charge in [0.1, 0.15) is 0 Å². The van der Waals surface area contributed by atoms with Crippen molar-refractivity contribution in [1.29, 1.82) is 0 Å². The fourth-order valence-corrected chi connectivity index (χ4v) is 2.68. The van der Waals surface area contributed by atoms with Crippen molar-refractivity contribution in [3.8, 4) is 0 Å². The van der Waals surface area contributed by atoms with E-state index in [0.717, 1.165) is 6.42 Å². The first-order valence-electron chi connectivity index (χ1n) is 6.74. The smallest absolute Gasteiger partial charge is 0.251 e. The molecule has 6 heteroatoms. The molecule has 0 saturated carbocycles. The predicted octanol–water partition coefficient (Wildman–Crippen LogP) is 1.76. The van der Waals surface area contributed by atoms with E-state index in [1.54, 1.807) is 6.92 Å². The molecule has 0 aromatic heterocycles. The van der Waals surface area contributed by atoms with Crippen molar-refractivity contribution < 1.29 is 13.2 Å². The summed E-state index contributed by atoms with van der Waals surface area (Å²) in [5.74, 6) is 0.348. The molecule has 1 aromatic rings. The van der Waals surface area contributed by atoms with Gasteiger partial charge >= 0.3 is 0 Å². The first-order chi connectivity index (χ1) is 9.36. The van der Waals surface area contributed by atoms with Crippen LogP contribution in [0, 0.1) is 5.92 Å². The summed E-state index contributed by atoms with van der Waals surface area (Å²) in [7, 11) is -3.46. The molecule has 1 aromatic carbocycles. The molecule has 20 heavy (non-hydrogen) atoms. The second-order valence-electron chi connectivity index (χ2n) is 4.96. The molecular weight excluding hydrogens is 276 g/mol. The van der Waals surface area contributed by atoms with Crippen molar-refractivity contribution in [3.63, 3.8) is 0 Å². The maximum Gasteiger partial charge on any atom is 0.251 e. The lowest BCUT2D eigenvalue weighted by molar-refractivity contribution is 0.0952. The highest BCUT2D eigenvalue weighted by Crippen LogP contribution is 2.10. The SMILES string of the molecule is CCNS(=O)(=O)c1ccc(C(=O)NCCC(C)C)cc1. The van der Waals surface area contributed by atoms with Crippen molar-refractivity contribution in [2.75, 3.05) is 13.1 Å². The molecule has 0 unspecified atom stereocenters. The fraction of sp³-hybridized carbons (Fsp3) is 0.500. The fourth-order valence-electron chi connectivity index (χ4n) is 1.64. The number of rotatable bonds is 7. The third kappa shape index (κ3) is 4.94. The average molecular weight is 298 g/mol. The van der Waals surface area contributed by atoms with Gasteiger partial charge in [0, 0.05) is 18.7 Å². The second kappa shape index (κ2) is 7.40. The minimum absolute atomic E-state index is 0.165. The summed E-state index contributed by atoms with van der Waals surface area (Å²) in [6.07, 6.45) is 0.915. The van der Waals surface area contributed by atoms with E-state index >= 15 is 0 Å². The highest BCUT2D eigenvalue weighted by atomic mass is 32.2. The summed E-state index contributed by atoms with van der Waals surface area (Å²) in [6, 6.07) is 5.93. The van der Waals surface area contributed by atoms with Crippen LogP contribution in [0.25, 0.3) is 0 Å². The summed E-state index contributed by atoms with van der Waals surface area (Å²) in [5, 5.41) is 2.81. The number of amides is 1. The molecule has 5 nitrogen and oxygen atoms in total. The van der Waals surface area contributed by atoms with Gasteiger partial charge in [-0.15, -0.1) is 0 Å². The van der Waals surface area contributed by atoms with Crippen molar-refractivity contribution in [2.24, 2.45) is 5.92 Å². The topological polar surface area (TPSA) is 75.3 Å². The normalized spacial score (nSPS) is 11.6. The van der Waals surface area contributed by atoms with Crippen LogP contribution in [0.5, 0.6) is 0 Å². The van der Waals surface area contributed by atoms with Crippen LogP contribution in [0.1, 0.15) is 37.6 Å². The standard InChI is InChI=1S/C14H22N2O3S/c1-4-16-20(18,19)13-7-5-12(6-8-13)14(17)15-10-9-11(2)3/h5-8,11,16H,4,9-10H2,1-3H3,(H,15,17). The zero-order valence-electron chi connectivity index (χ0n) is 12.1. The zero-order valence-corrected chi connectivity index (χ0v) is 13.0. The third-order valence-corrected chi connectivity index (χ3v) is 4.33. The lowest BCUT2D eigenvalue weighted by atomic mass is 10.1. The molecule has 0 heterocycles. The Labute approximate surface area is 120 Å². The minimum Gasteiger partial charge on any atom is -0.352 e. The van der Waals surface area contributed by atoms with Crippen LogP contribution in [0.4, 0.5) is 0 Å². The monoisotopic (exact) mass is 298 g/mol. The number of benzene rings is 1. The minimum atomic E-state index is -3.46. The molecule has 0 saturated heterocycles. The number of carbonyl (C=O) groups excluding carboxylic acids is 1. The van der Waals surface area contributed by atoms with Crippen LogP contribution in [0.2, 0.25) is 0 Å². The van der Waals surface area contributed by atoms with Gasteiger partial charge in [-0.1, -0.05) is 20.8 Å². The summed E-state index contributed by atoms with van der Waals surface area (Å²) in [4.78, 5) is 12.0. The van der Waals surface area contributed by atoms with Crippen LogP contribution in [-0.4, -0.2) is 27.4 Å². The summed E-state index contributed by atoms with van der Waals surface area (Å²) in [5.41, 5.74) is 0.462. The summed E-state index contributed by atoms with van der Waals surface area (Å²) < 4.78 is 25.9. The summed E-state index contributed by atoms with van der Waals surface area (Å²) >= 11 is 0. The van der Waals surface area contributed by atoms with Gasteiger partial charge in [0.15, 0.2) is 0 Å². The van der Waals surface area contributed by atoms with Gasteiger partial charge in [-0.05, 0) is 36.6 Å². The molecule has 0 aliphatic carbocycles. The largest absolute Gasteiger partial charge is 0.352 e. The molecule has 112 valence electrons. The van der Waals surface area contributed by atoms with Crippen LogP contribution < -0.4 is 10.0 Å². The average Bonchev–Trinajstić information content (AvgIpc) is 2.38. The molecule has 0 bridgehead atoms. The number of sulfonamides is 1. The Hall–Kier alpha value is -1.40. The first-order valence-corrected chi connectivity index (χ1v) is 8.23. The highest BCUT2D eigenvalue weighted by Gasteiger charge is 2.13. The molecular formula is C14H22N2O3S. The van der Waals surface area contributed by atoms with Gasteiger partial charge in [0.25, 0.3) is 5.91 Å². The first kappa shape index (κ1) is 16.7. The quantitative estimate of drug-likeness (QED) is 0.805. The second-order valence-corrected chi connectivity index (χ2v) is 6.73. The van der Waals surface area contributed by atoms with E-state index in [9.17, 15) is 13.2 Å². The van der Waals surface area contributed by atoms with Crippen LogP contribution in [0.3, 0.4) is 0 Å². The molecule has 1 amide bonds. The zero-order chi connectivity index (χ0) is 15.2. The molecule has 0 fully saturated rings. The number of carbonyl (C=O) groups is 1. The molecule has 0 aliphatic heterocycles. The highest BCUT2D eigenvalue weighted by molar-refractivity contribution is 7.89. The third-order valence-electron chi connectivity index (χ3n) is 2.77. The Kier molecular flexibility index (Phi) is 6.16.